The Balaban J connectivity index is 0.00000106. The summed E-state index contributed by atoms with van der Waals surface area (Å²) in [5.74, 6) is -2.24. The maximum atomic E-state index is 13.0. The number of nitrogens with one attached hydrogen (secondary N) is 1. The van der Waals surface area contributed by atoms with Gasteiger partial charge in [0.05, 0.1) is 9.75 Å². The van der Waals surface area contributed by atoms with Gasteiger partial charge in [0.2, 0.25) is 0 Å². The van der Waals surface area contributed by atoms with E-state index in [1.807, 2.05) is 13.8 Å². The summed E-state index contributed by atoms with van der Waals surface area (Å²) in [5.41, 5.74) is 0.458. The minimum atomic E-state index is -0.953. The van der Waals surface area contributed by atoms with Crippen LogP contribution in [-0.4, -0.2) is 12.2 Å². The summed E-state index contributed by atoms with van der Waals surface area (Å²) in [4.78, 5) is 23.1. The maximum Gasteiger partial charge on any atom is 0.261 e. The first kappa shape index (κ1) is 17.0. The number of aldehydes is 1. The molecule has 2 aromatic rings. The van der Waals surface area contributed by atoms with E-state index < -0.39 is 11.6 Å². The summed E-state index contributed by atoms with van der Waals surface area (Å²) in [6.07, 6.45) is 0.663. The van der Waals surface area contributed by atoms with Crippen molar-refractivity contribution in [3.63, 3.8) is 0 Å². The van der Waals surface area contributed by atoms with Crippen molar-refractivity contribution in [3.8, 4) is 0 Å². The van der Waals surface area contributed by atoms with Gasteiger partial charge in [-0.25, -0.2) is 8.78 Å². The van der Waals surface area contributed by atoms with Gasteiger partial charge >= 0.3 is 0 Å². The van der Waals surface area contributed by atoms with E-state index in [1.165, 1.54) is 12.1 Å². The molecule has 6 heteroatoms. The van der Waals surface area contributed by atoms with Gasteiger partial charge in [-0.3, -0.25) is 9.59 Å². The quantitative estimate of drug-likeness (QED) is 0.873. The molecule has 0 atom stereocenters. The number of halogens is 2. The molecular formula is C15H15F2NO2S. The minimum absolute atomic E-state index is 0.0877. The number of hydrogen-bond acceptors (Lipinski definition) is 3. The fourth-order valence-electron chi connectivity index (χ4n) is 1.46. The Labute approximate surface area is 125 Å². The van der Waals surface area contributed by atoms with Crippen LogP contribution in [0.25, 0.3) is 0 Å². The van der Waals surface area contributed by atoms with Gasteiger partial charge in [0.15, 0.2) is 17.9 Å². The Morgan fingerprint density at radius 3 is 2.48 bits per heavy atom. The van der Waals surface area contributed by atoms with Crippen molar-refractivity contribution in [1.82, 2.24) is 5.32 Å². The van der Waals surface area contributed by atoms with Gasteiger partial charge in [-0.15, -0.1) is 11.3 Å². The highest BCUT2D eigenvalue weighted by Gasteiger charge is 2.09. The van der Waals surface area contributed by atoms with Crippen molar-refractivity contribution >= 4 is 23.5 Å². The maximum absolute atomic E-state index is 13.0. The van der Waals surface area contributed by atoms with Crippen molar-refractivity contribution in [2.75, 3.05) is 0 Å². The van der Waals surface area contributed by atoms with Crippen LogP contribution in [0.1, 0.15) is 38.8 Å². The van der Waals surface area contributed by atoms with Gasteiger partial charge in [0.25, 0.3) is 5.91 Å². The molecule has 112 valence electrons. The predicted octanol–water partition coefficient (Wildman–Crippen LogP) is 3.80. The summed E-state index contributed by atoms with van der Waals surface area (Å²) in [6, 6.07) is 6.51. The van der Waals surface area contributed by atoms with Crippen molar-refractivity contribution in [1.29, 1.82) is 0 Å². The Hall–Kier alpha value is -2.08. The largest absolute Gasteiger partial charge is 0.347 e. The van der Waals surface area contributed by atoms with Crippen molar-refractivity contribution in [3.05, 3.63) is 57.3 Å². The third-order valence-electron chi connectivity index (χ3n) is 2.40. The fraction of sp³-hybridized carbons (Fsp3) is 0.200. The van der Waals surface area contributed by atoms with Crippen LogP contribution < -0.4 is 5.32 Å². The topological polar surface area (TPSA) is 46.2 Å². The number of benzene rings is 1. The number of carbonyl (C=O) groups excluding carboxylic acids is 2. The highest BCUT2D eigenvalue weighted by molar-refractivity contribution is 7.15. The summed E-state index contributed by atoms with van der Waals surface area (Å²) in [6.45, 7) is 4.09. The zero-order chi connectivity index (χ0) is 15.8. The fourth-order valence-corrected chi connectivity index (χ4v) is 2.20. The van der Waals surface area contributed by atoms with E-state index in [9.17, 15) is 18.4 Å². The van der Waals surface area contributed by atoms with Gasteiger partial charge in [-0.05, 0) is 29.8 Å². The van der Waals surface area contributed by atoms with Gasteiger partial charge in [0.1, 0.15) is 0 Å². The highest BCUT2D eigenvalue weighted by Crippen LogP contribution is 2.14. The number of thiophene rings is 1. The second-order valence-corrected chi connectivity index (χ2v) is 4.87. The van der Waals surface area contributed by atoms with E-state index in [0.717, 1.165) is 23.5 Å². The molecule has 0 unspecified atom stereocenters. The van der Waals surface area contributed by atoms with Gasteiger partial charge < -0.3 is 5.32 Å². The number of carbonyl (C=O) groups is 2. The van der Waals surface area contributed by atoms with E-state index in [4.69, 9.17) is 0 Å². The van der Waals surface area contributed by atoms with Crippen LogP contribution in [0.3, 0.4) is 0 Å². The Kier molecular flexibility index (Phi) is 6.68. The number of hydrogen-bond donors (Lipinski definition) is 1. The van der Waals surface area contributed by atoms with E-state index in [0.29, 0.717) is 21.6 Å². The third-order valence-corrected chi connectivity index (χ3v) is 3.41. The van der Waals surface area contributed by atoms with Crippen molar-refractivity contribution in [2.45, 2.75) is 20.4 Å². The highest BCUT2D eigenvalue weighted by atomic mass is 32.1. The van der Waals surface area contributed by atoms with E-state index in [-0.39, 0.29) is 12.5 Å². The van der Waals surface area contributed by atoms with E-state index in [1.54, 1.807) is 6.07 Å². The molecule has 0 spiro atoms. The van der Waals surface area contributed by atoms with Gasteiger partial charge in [-0.2, -0.15) is 0 Å². The lowest BCUT2D eigenvalue weighted by molar-refractivity contribution is 0.0954. The molecular weight excluding hydrogens is 296 g/mol. The zero-order valence-corrected chi connectivity index (χ0v) is 12.5. The first-order valence-electron chi connectivity index (χ1n) is 6.37. The van der Waals surface area contributed by atoms with Crippen molar-refractivity contribution < 1.29 is 18.4 Å². The SMILES string of the molecule is CC.O=Cc1ccc(C(=O)NCc2ccc(F)c(F)c2)s1. The summed E-state index contributed by atoms with van der Waals surface area (Å²) in [5, 5.41) is 2.57. The minimum Gasteiger partial charge on any atom is -0.347 e. The van der Waals surface area contributed by atoms with Crippen LogP contribution in [0.2, 0.25) is 0 Å². The molecule has 0 saturated heterocycles. The lowest BCUT2D eigenvalue weighted by atomic mass is 10.2. The summed E-state index contributed by atoms with van der Waals surface area (Å²) < 4.78 is 25.7. The number of amides is 1. The normalized spacial score (nSPS) is 9.52. The van der Waals surface area contributed by atoms with Crippen molar-refractivity contribution in [2.24, 2.45) is 0 Å². The van der Waals surface area contributed by atoms with Crippen LogP contribution in [0.15, 0.2) is 30.3 Å². The molecule has 1 N–H and O–H groups in total. The van der Waals surface area contributed by atoms with Gasteiger partial charge in [0, 0.05) is 6.54 Å². The first-order chi connectivity index (χ1) is 10.1. The zero-order valence-electron chi connectivity index (χ0n) is 11.7. The molecule has 1 amide bonds. The molecule has 0 aliphatic rings. The van der Waals surface area contributed by atoms with Crippen LogP contribution in [0.4, 0.5) is 8.78 Å². The van der Waals surface area contributed by atoms with E-state index in [2.05, 4.69) is 5.32 Å². The molecule has 0 radical (unpaired) electrons. The molecule has 3 nitrogen and oxygen atoms in total. The lowest BCUT2D eigenvalue weighted by Gasteiger charge is -2.04. The third kappa shape index (κ3) is 4.75. The van der Waals surface area contributed by atoms with Crippen LogP contribution in [0.5, 0.6) is 0 Å². The first-order valence-corrected chi connectivity index (χ1v) is 7.19. The van der Waals surface area contributed by atoms with Crippen LogP contribution >= 0.6 is 11.3 Å². The Bertz CT molecular complexity index is 626. The summed E-state index contributed by atoms with van der Waals surface area (Å²) >= 11 is 1.07. The standard InChI is InChI=1S/C13H9F2NO2S.C2H6/c14-10-3-1-8(5-11(10)15)6-16-13(18)12-4-2-9(7-17)19-12;1-2/h1-5,7H,6H2,(H,16,18);1-2H3. The molecule has 1 aromatic carbocycles. The van der Waals surface area contributed by atoms with Crippen LogP contribution in [0, 0.1) is 11.6 Å². The number of rotatable bonds is 4. The van der Waals surface area contributed by atoms with Crippen LogP contribution in [-0.2, 0) is 6.54 Å². The van der Waals surface area contributed by atoms with Gasteiger partial charge in [-0.1, -0.05) is 19.9 Å². The smallest absolute Gasteiger partial charge is 0.261 e. The Morgan fingerprint density at radius 2 is 1.90 bits per heavy atom. The molecule has 0 saturated carbocycles. The molecule has 1 aromatic heterocycles. The second kappa shape index (κ2) is 8.26. The predicted molar refractivity (Wildman–Crippen MR) is 78.6 cm³/mol. The average molecular weight is 311 g/mol. The molecule has 0 aliphatic carbocycles. The lowest BCUT2D eigenvalue weighted by Crippen LogP contribution is -2.21. The average Bonchev–Trinajstić information content (AvgIpc) is 2.99. The molecule has 0 fully saturated rings. The van der Waals surface area contributed by atoms with E-state index >= 15 is 0 Å². The second-order valence-electron chi connectivity index (χ2n) is 3.75. The molecule has 21 heavy (non-hydrogen) atoms. The Morgan fingerprint density at radius 1 is 1.19 bits per heavy atom. The monoisotopic (exact) mass is 311 g/mol. The molecule has 0 aliphatic heterocycles. The molecule has 0 bridgehead atoms. The summed E-state index contributed by atoms with van der Waals surface area (Å²) in [7, 11) is 0. The molecule has 2 rings (SSSR count). The molecule has 1 heterocycles.